The molecule has 1 N–H and O–H groups in total. The van der Waals surface area contributed by atoms with E-state index in [4.69, 9.17) is 0 Å². The lowest BCUT2D eigenvalue weighted by Crippen LogP contribution is -2.01. The smallest absolute Gasteiger partial charge is 0.0481 e. The summed E-state index contributed by atoms with van der Waals surface area (Å²) in [6.07, 6.45) is 1.93. The Morgan fingerprint density at radius 3 is 2.63 bits per heavy atom. The lowest BCUT2D eigenvalue weighted by Gasteiger charge is -2.12. The molecule has 2 aromatic rings. The first-order chi connectivity index (χ1) is 9.31. The first-order valence-electron chi connectivity index (χ1n) is 6.11. The topological polar surface area (TPSA) is 12.0 Å². The quantitative estimate of drug-likeness (QED) is 0.565. The second-order valence-electron chi connectivity index (χ2n) is 4.04. The molecule has 0 saturated heterocycles. The van der Waals surface area contributed by atoms with Crippen LogP contribution < -0.4 is 5.32 Å². The van der Waals surface area contributed by atoms with Crippen LogP contribution in [0.15, 0.2) is 70.6 Å². The molecular weight excluding hydrogens is 318 g/mol. The Hall–Kier alpha value is -1.19. The summed E-state index contributed by atoms with van der Waals surface area (Å²) in [6.45, 7) is 4.58. The third kappa shape index (κ3) is 4.15. The molecule has 0 saturated carbocycles. The van der Waals surface area contributed by atoms with Gasteiger partial charge in [-0.05, 0) is 23.8 Å². The molecule has 0 amide bonds. The van der Waals surface area contributed by atoms with Gasteiger partial charge in [-0.1, -0.05) is 52.3 Å². The van der Waals surface area contributed by atoms with Crippen LogP contribution in [-0.2, 0) is 6.54 Å². The zero-order valence-corrected chi connectivity index (χ0v) is 13.0. The molecule has 19 heavy (non-hydrogen) atoms. The molecule has 0 bridgehead atoms. The van der Waals surface area contributed by atoms with Gasteiger partial charge in [0.25, 0.3) is 0 Å². The van der Waals surface area contributed by atoms with Gasteiger partial charge in [-0.25, -0.2) is 0 Å². The highest BCUT2D eigenvalue weighted by molar-refractivity contribution is 9.10. The van der Waals surface area contributed by atoms with Crippen LogP contribution in [0.2, 0.25) is 0 Å². The predicted octanol–water partition coefficient (Wildman–Crippen LogP) is 5.34. The molecule has 0 spiro atoms. The zero-order chi connectivity index (χ0) is 13.5. The molecule has 1 nitrogen and oxygen atoms in total. The molecule has 0 heterocycles. The van der Waals surface area contributed by atoms with E-state index in [2.05, 4.69) is 70.3 Å². The Morgan fingerprint density at radius 1 is 1.11 bits per heavy atom. The van der Waals surface area contributed by atoms with E-state index in [0.29, 0.717) is 0 Å². The van der Waals surface area contributed by atoms with Crippen molar-refractivity contribution < 1.29 is 0 Å². The summed E-state index contributed by atoms with van der Waals surface area (Å²) in [4.78, 5) is 1.26. The molecule has 0 radical (unpaired) electrons. The van der Waals surface area contributed by atoms with Gasteiger partial charge in [0.1, 0.15) is 0 Å². The Labute approximate surface area is 127 Å². The number of thioether (sulfide) groups is 1. The number of hydrogen-bond donors (Lipinski definition) is 1. The summed E-state index contributed by atoms with van der Waals surface area (Å²) in [6, 6.07) is 16.6. The van der Waals surface area contributed by atoms with E-state index < -0.39 is 0 Å². The average molecular weight is 334 g/mol. The van der Waals surface area contributed by atoms with Gasteiger partial charge < -0.3 is 5.32 Å². The van der Waals surface area contributed by atoms with E-state index in [1.165, 1.54) is 16.1 Å². The Bertz CT molecular complexity index is 554. The van der Waals surface area contributed by atoms with Crippen LogP contribution in [-0.4, -0.2) is 5.75 Å². The Morgan fingerprint density at radius 2 is 1.84 bits per heavy atom. The molecule has 98 valence electrons. The largest absolute Gasteiger partial charge is 0.380 e. The van der Waals surface area contributed by atoms with E-state index in [1.54, 1.807) is 11.8 Å². The van der Waals surface area contributed by atoms with Crippen molar-refractivity contribution in [2.24, 2.45) is 0 Å². The van der Waals surface area contributed by atoms with E-state index in [1.807, 2.05) is 12.1 Å². The summed E-state index contributed by atoms with van der Waals surface area (Å²) < 4.78 is 1.14. The van der Waals surface area contributed by atoms with Crippen molar-refractivity contribution in [3.63, 3.8) is 0 Å². The van der Waals surface area contributed by atoms with Crippen LogP contribution in [0, 0.1) is 0 Å². The highest BCUT2D eigenvalue weighted by Crippen LogP contribution is 2.28. The SMILES string of the molecule is C=CCSc1ccccc1NCc1ccccc1Br. The van der Waals surface area contributed by atoms with Gasteiger partial charge in [0.2, 0.25) is 0 Å². The Balaban J connectivity index is 2.07. The maximum absolute atomic E-state index is 3.76. The number of benzene rings is 2. The van der Waals surface area contributed by atoms with Crippen molar-refractivity contribution in [3.05, 3.63) is 71.2 Å². The van der Waals surface area contributed by atoms with Gasteiger partial charge in [0, 0.05) is 27.4 Å². The average Bonchev–Trinajstić information content (AvgIpc) is 2.45. The fraction of sp³-hybridized carbons (Fsp3) is 0.125. The monoisotopic (exact) mass is 333 g/mol. The van der Waals surface area contributed by atoms with E-state index in [-0.39, 0.29) is 0 Å². The minimum Gasteiger partial charge on any atom is -0.380 e. The minimum absolute atomic E-state index is 0.813. The van der Waals surface area contributed by atoms with Crippen molar-refractivity contribution in [2.45, 2.75) is 11.4 Å². The standard InChI is InChI=1S/C16H16BrNS/c1-2-11-19-16-10-6-5-9-15(16)18-12-13-7-3-4-8-14(13)17/h2-10,18H,1,11-12H2. The lowest BCUT2D eigenvalue weighted by atomic mass is 10.2. The number of halogens is 1. The number of rotatable bonds is 6. The Kier molecular flexibility index (Phi) is 5.55. The fourth-order valence-electron chi connectivity index (χ4n) is 1.72. The maximum atomic E-state index is 3.76. The fourth-order valence-corrected chi connectivity index (χ4v) is 2.91. The van der Waals surface area contributed by atoms with Gasteiger partial charge in [0.05, 0.1) is 0 Å². The summed E-state index contributed by atoms with van der Waals surface area (Å²) in [5.41, 5.74) is 2.43. The molecule has 0 aliphatic rings. The van der Waals surface area contributed by atoms with Gasteiger partial charge in [-0.3, -0.25) is 0 Å². The van der Waals surface area contributed by atoms with Crippen LogP contribution in [0.25, 0.3) is 0 Å². The molecule has 0 aliphatic heterocycles. The van der Waals surface area contributed by atoms with Crippen LogP contribution in [0.3, 0.4) is 0 Å². The normalized spacial score (nSPS) is 10.2. The highest BCUT2D eigenvalue weighted by Gasteiger charge is 2.03. The molecule has 0 fully saturated rings. The predicted molar refractivity (Wildman–Crippen MR) is 88.8 cm³/mol. The van der Waals surface area contributed by atoms with Crippen molar-refractivity contribution in [3.8, 4) is 0 Å². The van der Waals surface area contributed by atoms with Crippen molar-refractivity contribution in [1.29, 1.82) is 0 Å². The third-order valence-electron chi connectivity index (χ3n) is 2.67. The van der Waals surface area contributed by atoms with Gasteiger partial charge in [-0.2, -0.15) is 0 Å². The third-order valence-corrected chi connectivity index (χ3v) is 4.51. The molecule has 0 unspecified atom stereocenters. The van der Waals surface area contributed by atoms with Crippen molar-refractivity contribution >= 4 is 33.4 Å². The molecule has 0 aliphatic carbocycles. The van der Waals surface area contributed by atoms with Crippen molar-refractivity contribution in [1.82, 2.24) is 0 Å². The van der Waals surface area contributed by atoms with Crippen LogP contribution in [0.5, 0.6) is 0 Å². The molecular formula is C16H16BrNS. The zero-order valence-electron chi connectivity index (χ0n) is 10.6. The lowest BCUT2D eigenvalue weighted by molar-refractivity contribution is 1.12. The first kappa shape index (κ1) is 14.2. The van der Waals surface area contributed by atoms with Crippen LogP contribution in [0.1, 0.15) is 5.56 Å². The molecule has 3 heteroatoms. The summed E-state index contributed by atoms with van der Waals surface area (Å²) in [7, 11) is 0. The van der Waals surface area contributed by atoms with Gasteiger partial charge in [-0.15, -0.1) is 18.3 Å². The number of anilines is 1. The van der Waals surface area contributed by atoms with Gasteiger partial charge in [0.15, 0.2) is 0 Å². The summed E-state index contributed by atoms with van der Waals surface area (Å²) in [5.74, 6) is 0.924. The maximum Gasteiger partial charge on any atom is 0.0481 e. The number of para-hydroxylation sites is 1. The van der Waals surface area contributed by atoms with E-state index in [9.17, 15) is 0 Å². The molecule has 2 rings (SSSR count). The first-order valence-corrected chi connectivity index (χ1v) is 7.89. The number of hydrogen-bond acceptors (Lipinski definition) is 2. The summed E-state index contributed by atoms with van der Waals surface area (Å²) >= 11 is 5.37. The second-order valence-corrected chi connectivity index (χ2v) is 5.96. The van der Waals surface area contributed by atoms with Crippen LogP contribution >= 0.6 is 27.7 Å². The van der Waals surface area contributed by atoms with E-state index >= 15 is 0 Å². The number of nitrogens with one attached hydrogen (secondary N) is 1. The van der Waals surface area contributed by atoms with Gasteiger partial charge >= 0.3 is 0 Å². The van der Waals surface area contributed by atoms with Crippen molar-refractivity contribution in [2.75, 3.05) is 11.1 Å². The molecule has 2 aromatic carbocycles. The second kappa shape index (κ2) is 7.41. The highest BCUT2D eigenvalue weighted by atomic mass is 79.9. The molecule has 0 atom stereocenters. The molecule has 0 aromatic heterocycles. The van der Waals surface area contributed by atoms with E-state index in [0.717, 1.165) is 16.8 Å². The minimum atomic E-state index is 0.813. The summed E-state index contributed by atoms with van der Waals surface area (Å²) in [5, 5.41) is 3.49. The van der Waals surface area contributed by atoms with Crippen LogP contribution in [0.4, 0.5) is 5.69 Å².